The average molecular weight is 555 g/mol. The SMILES string of the molecule is CC(C)CCNC(=O)c1c(-c2ccsc2)nc2c(C=O)cccn12.CCO.CSc1ccc(C(C)N)cc1. The third kappa shape index (κ3) is 8.80. The highest BCUT2D eigenvalue weighted by atomic mass is 32.2. The number of rotatable bonds is 8. The first-order valence-electron chi connectivity index (χ1n) is 12.5. The maximum absolute atomic E-state index is 12.8. The number of carbonyl (C=O) groups excluding carboxylic acids is 2. The molecule has 1 aromatic carbocycles. The van der Waals surface area contributed by atoms with Gasteiger partial charge in [-0.05, 0) is 73.7 Å². The smallest absolute Gasteiger partial charge is 0.270 e. The Balaban J connectivity index is 0.000000302. The lowest BCUT2D eigenvalue weighted by molar-refractivity contribution is 0.0946. The van der Waals surface area contributed by atoms with E-state index in [1.807, 2.05) is 23.8 Å². The van der Waals surface area contributed by atoms with E-state index in [9.17, 15) is 9.59 Å². The van der Waals surface area contributed by atoms with Crippen molar-refractivity contribution in [3.8, 4) is 11.3 Å². The van der Waals surface area contributed by atoms with Crippen LogP contribution in [0.5, 0.6) is 0 Å². The molecule has 1 atom stereocenters. The molecule has 0 spiro atoms. The molecule has 0 bridgehead atoms. The van der Waals surface area contributed by atoms with E-state index in [-0.39, 0.29) is 18.6 Å². The number of nitrogens with two attached hydrogens (primary N) is 1. The van der Waals surface area contributed by atoms with Gasteiger partial charge in [0, 0.05) is 41.2 Å². The minimum absolute atomic E-state index is 0.144. The predicted molar refractivity (Wildman–Crippen MR) is 159 cm³/mol. The summed E-state index contributed by atoms with van der Waals surface area (Å²) in [4.78, 5) is 29.9. The Morgan fingerprint density at radius 1 is 1.21 bits per heavy atom. The van der Waals surface area contributed by atoms with Gasteiger partial charge in [-0.25, -0.2) is 4.98 Å². The average Bonchev–Trinajstić information content (AvgIpc) is 3.57. The normalized spacial score (nSPS) is 11.3. The van der Waals surface area contributed by atoms with E-state index in [1.165, 1.54) is 10.5 Å². The number of aliphatic hydroxyl groups is 1. The van der Waals surface area contributed by atoms with Gasteiger partial charge in [0.1, 0.15) is 17.0 Å². The van der Waals surface area contributed by atoms with Crippen molar-refractivity contribution in [3.63, 3.8) is 0 Å². The Bertz CT molecular complexity index is 1270. The zero-order valence-corrected chi connectivity index (χ0v) is 24.3. The molecule has 0 fully saturated rings. The van der Waals surface area contributed by atoms with Gasteiger partial charge in [0.05, 0.1) is 5.56 Å². The van der Waals surface area contributed by atoms with E-state index in [0.717, 1.165) is 18.3 Å². The molecule has 3 aromatic heterocycles. The molecular formula is C29H38N4O3S2. The fraction of sp³-hybridized carbons (Fsp3) is 0.345. The third-order valence-electron chi connectivity index (χ3n) is 5.47. The molecule has 0 radical (unpaired) electrons. The third-order valence-corrected chi connectivity index (χ3v) is 6.89. The highest BCUT2D eigenvalue weighted by Crippen LogP contribution is 2.27. The number of thioether (sulfide) groups is 1. The predicted octanol–water partition coefficient (Wildman–Crippen LogP) is 6.08. The van der Waals surface area contributed by atoms with Crippen LogP contribution >= 0.6 is 23.1 Å². The van der Waals surface area contributed by atoms with E-state index < -0.39 is 0 Å². The first-order valence-corrected chi connectivity index (χ1v) is 14.7. The number of aliphatic hydroxyl groups excluding tert-OH is 1. The second kappa shape index (κ2) is 16.1. The lowest BCUT2D eigenvalue weighted by atomic mass is 10.1. The molecule has 0 saturated heterocycles. The van der Waals surface area contributed by atoms with Gasteiger partial charge in [-0.1, -0.05) is 26.0 Å². The lowest BCUT2D eigenvalue weighted by Crippen LogP contribution is -2.27. The van der Waals surface area contributed by atoms with Crippen molar-refractivity contribution in [1.82, 2.24) is 14.7 Å². The maximum atomic E-state index is 12.8. The number of nitrogens with one attached hydrogen (secondary N) is 1. The Morgan fingerprint density at radius 2 is 1.89 bits per heavy atom. The van der Waals surface area contributed by atoms with Crippen molar-refractivity contribution in [2.75, 3.05) is 19.4 Å². The molecule has 4 N–H and O–H groups in total. The van der Waals surface area contributed by atoms with Crippen LogP contribution in [0.2, 0.25) is 0 Å². The van der Waals surface area contributed by atoms with E-state index in [4.69, 9.17) is 10.8 Å². The molecule has 1 amide bonds. The number of carbonyl (C=O) groups is 2. The molecule has 4 aromatic rings. The van der Waals surface area contributed by atoms with Crippen molar-refractivity contribution in [2.45, 2.75) is 45.1 Å². The zero-order valence-electron chi connectivity index (χ0n) is 22.7. The highest BCUT2D eigenvalue weighted by molar-refractivity contribution is 7.98. The van der Waals surface area contributed by atoms with Gasteiger partial charge in [-0.3, -0.25) is 14.0 Å². The number of imidazole rings is 1. The molecule has 0 aliphatic rings. The number of hydrogen-bond acceptors (Lipinski definition) is 7. The topological polar surface area (TPSA) is 110 Å². The van der Waals surface area contributed by atoms with Crippen LogP contribution < -0.4 is 11.1 Å². The maximum Gasteiger partial charge on any atom is 0.270 e. The second-order valence-corrected chi connectivity index (χ2v) is 10.6. The van der Waals surface area contributed by atoms with Crippen molar-refractivity contribution in [2.24, 2.45) is 11.7 Å². The van der Waals surface area contributed by atoms with Crippen LogP contribution in [-0.2, 0) is 0 Å². The fourth-order valence-electron chi connectivity index (χ4n) is 3.46. The molecule has 0 saturated carbocycles. The first kappa shape index (κ1) is 31.2. The minimum Gasteiger partial charge on any atom is -0.397 e. The summed E-state index contributed by atoms with van der Waals surface area (Å²) < 4.78 is 1.70. The number of nitrogens with zero attached hydrogens (tertiary/aromatic N) is 2. The van der Waals surface area contributed by atoms with Crippen LogP contribution in [0.3, 0.4) is 0 Å². The summed E-state index contributed by atoms with van der Waals surface area (Å²) in [6.07, 6.45) is 5.51. The minimum atomic E-state index is -0.174. The van der Waals surface area contributed by atoms with E-state index in [0.29, 0.717) is 35.1 Å². The Hall–Kier alpha value is -2.98. The van der Waals surface area contributed by atoms with Gasteiger partial charge in [-0.15, -0.1) is 11.8 Å². The summed E-state index contributed by atoms with van der Waals surface area (Å²) in [6, 6.07) is 13.9. The summed E-state index contributed by atoms with van der Waals surface area (Å²) in [6.45, 7) is 8.77. The van der Waals surface area contributed by atoms with Gasteiger partial charge in [0.2, 0.25) is 0 Å². The number of amides is 1. The van der Waals surface area contributed by atoms with Gasteiger partial charge in [0.25, 0.3) is 5.91 Å². The number of thiophene rings is 1. The Kier molecular flexibility index (Phi) is 13.2. The summed E-state index contributed by atoms with van der Waals surface area (Å²) in [5.41, 5.74) is 9.82. The van der Waals surface area contributed by atoms with Gasteiger partial charge in [0.15, 0.2) is 6.29 Å². The summed E-state index contributed by atoms with van der Waals surface area (Å²) in [5, 5.41) is 14.4. The Morgan fingerprint density at radius 3 is 2.42 bits per heavy atom. The number of hydrogen-bond donors (Lipinski definition) is 3. The monoisotopic (exact) mass is 554 g/mol. The molecule has 38 heavy (non-hydrogen) atoms. The molecule has 1 unspecified atom stereocenters. The largest absolute Gasteiger partial charge is 0.397 e. The second-order valence-electron chi connectivity index (χ2n) is 8.91. The van der Waals surface area contributed by atoms with Crippen molar-refractivity contribution in [3.05, 3.63) is 76.2 Å². The summed E-state index contributed by atoms with van der Waals surface area (Å²) >= 11 is 3.29. The molecular weight excluding hydrogens is 516 g/mol. The summed E-state index contributed by atoms with van der Waals surface area (Å²) in [7, 11) is 0. The quantitative estimate of drug-likeness (QED) is 0.180. The number of pyridine rings is 1. The van der Waals surface area contributed by atoms with E-state index in [1.54, 1.807) is 52.8 Å². The van der Waals surface area contributed by atoms with E-state index >= 15 is 0 Å². The highest BCUT2D eigenvalue weighted by Gasteiger charge is 2.22. The van der Waals surface area contributed by atoms with Crippen molar-refractivity contribution >= 4 is 40.9 Å². The zero-order chi connectivity index (χ0) is 28.1. The van der Waals surface area contributed by atoms with Crippen molar-refractivity contribution < 1.29 is 14.7 Å². The molecule has 0 aliphatic carbocycles. The standard InChI is InChI=1S/C18H19N3O2S.C9H13NS.C2H6O/c1-12(2)5-7-19-18(23)16-15(14-6-9-24-11-14)20-17-13(10-22)4-3-8-21(16)17;1-7(10)8-3-5-9(11-2)6-4-8;1-2-3/h3-4,6,8-12H,5,7H2,1-2H3,(H,19,23);3-7H,10H2,1-2H3;3H,2H2,1H3. The van der Waals surface area contributed by atoms with Crippen LogP contribution in [0.4, 0.5) is 0 Å². The lowest BCUT2D eigenvalue weighted by Gasteiger charge is -2.08. The summed E-state index contributed by atoms with van der Waals surface area (Å²) in [5.74, 6) is 0.345. The van der Waals surface area contributed by atoms with Crippen molar-refractivity contribution in [1.29, 1.82) is 0 Å². The van der Waals surface area contributed by atoms with E-state index in [2.05, 4.69) is 54.7 Å². The van der Waals surface area contributed by atoms with Crippen LogP contribution in [0.25, 0.3) is 16.9 Å². The van der Waals surface area contributed by atoms with Crippen LogP contribution in [0.1, 0.15) is 66.6 Å². The van der Waals surface area contributed by atoms with Crippen LogP contribution in [0, 0.1) is 5.92 Å². The van der Waals surface area contributed by atoms with Gasteiger partial charge >= 0.3 is 0 Å². The number of aromatic nitrogens is 2. The van der Waals surface area contributed by atoms with Gasteiger partial charge < -0.3 is 16.2 Å². The molecule has 3 heterocycles. The molecule has 4 rings (SSSR count). The Labute approximate surface area is 233 Å². The molecule has 0 aliphatic heterocycles. The van der Waals surface area contributed by atoms with Crippen LogP contribution in [-0.4, -0.2) is 46.1 Å². The molecule has 7 nitrogen and oxygen atoms in total. The van der Waals surface area contributed by atoms with Crippen LogP contribution in [0.15, 0.2) is 64.3 Å². The molecule has 9 heteroatoms. The fourth-order valence-corrected chi connectivity index (χ4v) is 4.51. The number of benzene rings is 1. The number of aldehydes is 1. The molecule has 204 valence electrons. The van der Waals surface area contributed by atoms with Gasteiger partial charge in [-0.2, -0.15) is 11.3 Å². The first-order chi connectivity index (χ1) is 18.3. The number of fused-ring (bicyclic) bond motifs is 1.